The van der Waals surface area contributed by atoms with Crippen molar-refractivity contribution in [3.8, 4) is 0 Å². The van der Waals surface area contributed by atoms with E-state index in [2.05, 4.69) is 0 Å². The maximum absolute atomic E-state index is 11.2. The Balaban J connectivity index is 3.78. The maximum atomic E-state index is 11.2. The highest BCUT2D eigenvalue weighted by Crippen LogP contribution is 2.21. The van der Waals surface area contributed by atoms with E-state index in [0.29, 0.717) is 0 Å². The summed E-state index contributed by atoms with van der Waals surface area (Å²) in [5.41, 5.74) is 0. The van der Waals surface area contributed by atoms with Crippen LogP contribution in [-0.2, 0) is 9.47 Å². The summed E-state index contributed by atoms with van der Waals surface area (Å²) in [7, 11) is 2.88. The molecule has 17 heavy (non-hydrogen) atoms. The maximum Gasteiger partial charge on any atom is 0.267 e. The van der Waals surface area contributed by atoms with Crippen LogP contribution in [0.1, 0.15) is 41.5 Å². The first-order valence-electron chi connectivity index (χ1n) is 5.55. The molecule has 0 heterocycles. The molecule has 0 fully saturated rings. The van der Waals surface area contributed by atoms with Gasteiger partial charge in [-0.25, -0.2) is 0 Å². The van der Waals surface area contributed by atoms with Crippen LogP contribution in [0.3, 0.4) is 0 Å². The van der Waals surface area contributed by atoms with Crippen molar-refractivity contribution >= 4 is 26.3 Å². The molecule has 4 nitrogen and oxygen atoms in total. The van der Waals surface area contributed by atoms with Gasteiger partial charge in [-0.1, -0.05) is 52.2 Å². The number of ether oxygens (including phenoxy) is 2. The van der Waals surface area contributed by atoms with E-state index in [1.807, 2.05) is 41.5 Å². The molecule has 0 aliphatic rings. The molecule has 0 amide bonds. The number of carbonyl (C=O) groups excluding carboxylic acids is 2. The molecule has 0 aromatic carbocycles. The molecular formula is C11H20B2O4. The molecule has 0 bridgehead atoms. The van der Waals surface area contributed by atoms with Crippen LogP contribution in [0.5, 0.6) is 0 Å². The van der Waals surface area contributed by atoms with Gasteiger partial charge in [0.15, 0.2) is 0 Å². The zero-order chi connectivity index (χ0) is 13.7. The Hall–Kier alpha value is -0.930. The third kappa shape index (κ3) is 11.3. The minimum absolute atomic E-state index is 0.251. The number of rotatable bonds is 4. The van der Waals surface area contributed by atoms with Crippen LogP contribution in [-0.4, -0.2) is 33.1 Å². The Kier molecular flexibility index (Phi) is 5.79. The normalized spacial score (nSPS) is 11.6. The first-order chi connectivity index (χ1) is 7.49. The number of carbonyl (C=O) groups is 2. The van der Waals surface area contributed by atoms with E-state index in [0.717, 1.165) is 0 Å². The molecule has 0 aliphatic heterocycles. The molecule has 2 radical (unpaired) electrons. The monoisotopic (exact) mass is 238 g/mol. The molecule has 0 N–H and O–H groups in total. The van der Waals surface area contributed by atoms with Gasteiger partial charge in [0.2, 0.25) is 18.5 Å². The van der Waals surface area contributed by atoms with Gasteiger partial charge < -0.3 is 9.47 Å². The van der Waals surface area contributed by atoms with Crippen molar-refractivity contribution in [1.82, 2.24) is 0 Å². The topological polar surface area (TPSA) is 52.6 Å². The molecule has 0 saturated heterocycles. The Bertz CT molecular complexity index is 248. The van der Waals surface area contributed by atoms with Gasteiger partial charge >= 0.3 is 0 Å². The van der Waals surface area contributed by atoms with Crippen LogP contribution in [0.25, 0.3) is 0 Å². The molecule has 0 unspecified atom stereocenters. The predicted octanol–water partition coefficient (Wildman–Crippen LogP) is 3.06. The first kappa shape index (κ1) is 16.1. The van der Waals surface area contributed by atoms with Gasteiger partial charge in [0, 0.05) is 0 Å². The summed E-state index contributed by atoms with van der Waals surface area (Å²) in [6.45, 7) is 10.9. The van der Waals surface area contributed by atoms with Crippen molar-refractivity contribution in [2.45, 2.75) is 52.2 Å². The van der Waals surface area contributed by atoms with Gasteiger partial charge in [0.25, 0.3) is 14.6 Å². The van der Waals surface area contributed by atoms with Crippen LogP contribution in [0, 0.1) is 0 Å². The van der Waals surface area contributed by atoms with Crippen LogP contribution in [0.4, 0.5) is 9.59 Å². The Morgan fingerprint density at radius 2 is 1.12 bits per heavy atom. The fraction of sp³-hybridized carbons (Fsp3) is 0.818. The highest BCUT2D eigenvalue weighted by Gasteiger charge is 2.22. The van der Waals surface area contributed by atoms with Gasteiger partial charge in [0.1, 0.15) is 0 Å². The highest BCUT2D eigenvalue weighted by molar-refractivity contribution is 6.74. The average Bonchev–Trinajstić information content (AvgIpc) is 1.95. The standard InChI is InChI=1S/C11H20B2O4/c1-10(2,3)12-8(14)16-7-17-9(15)13-11(4,5)6/h7H2,1-6H3. The average molecular weight is 238 g/mol. The van der Waals surface area contributed by atoms with Gasteiger partial charge in [-0.15, -0.1) is 0 Å². The van der Waals surface area contributed by atoms with Crippen molar-refractivity contribution in [2.75, 3.05) is 6.79 Å². The third-order valence-electron chi connectivity index (χ3n) is 1.50. The summed E-state index contributed by atoms with van der Waals surface area (Å²) in [6.07, 6.45) is 0. The third-order valence-corrected chi connectivity index (χ3v) is 1.50. The van der Waals surface area contributed by atoms with Gasteiger partial charge in [0.05, 0.1) is 0 Å². The Morgan fingerprint density at radius 1 is 0.824 bits per heavy atom. The zero-order valence-corrected chi connectivity index (χ0v) is 11.5. The van der Waals surface area contributed by atoms with Crippen LogP contribution in [0.2, 0.25) is 10.6 Å². The second-order valence-electron chi connectivity index (χ2n) is 6.07. The Morgan fingerprint density at radius 3 is 1.35 bits per heavy atom. The molecule has 0 saturated carbocycles. The molecule has 6 heteroatoms. The van der Waals surface area contributed by atoms with Crippen LogP contribution in [0.15, 0.2) is 0 Å². The van der Waals surface area contributed by atoms with Gasteiger partial charge in [-0.2, -0.15) is 0 Å². The fourth-order valence-corrected chi connectivity index (χ4v) is 0.936. The minimum atomic E-state index is -0.485. The SMILES string of the molecule is CC(C)(C)[B]C(=O)OCOC(=O)[B]C(C)(C)C. The van der Waals surface area contributed by atoms with Crippen molar-refractivity contribution in [2.24, 2.45) is 0 Å². The minimum Gasteiger partial charge on any atom is -0.436 e. The smallest absolute Gasteiger partial charge is 0.267 e. The van der Waals surface area contributed by atoms with E-state index in [4.69, 9.17) is 9.47 Å². The van der Waals surface area contributed by atoms with Crippen LogP contribution >= 0.6 is 0 Å². The number of hydrogen-bond acceptors (Lipinski definition) is 4. The summed E-state index contributed by atoms with van der Waals surface area (Å²) >= 11 is 0. The van der Waals surface area contributed by atoms with E-state index in [1.165, 1.54) is 14.6 Å². The summed E-state index contributed by atoms with van der Waals surface area (Å²) < 4.78 is 9.49. The summed E-state index contributed by atoms with van der Waals surface area (Å²) in [5.74, 6) is -0.970. The van der Waals surface area contributed by atoms with E-state index in [9.17, 15) is 9.59 Å². The quantitative estimate of drug-likeness (QED) is 0.557. The van der Waals surface area contributed by atoms with E-state index in [1.54, 1.807) is 0 Å². The molecule has 94 valence electrons. The predicted molar refractivity (Wildman–Crippen MR) is 68.8 cm³/mol. The lowest BCUT2D eigenvalue weighted by Gasteiger charge is -2.16. The summed E-state index contributed by atoms with van der Waals surface area (Å²) in [5, 5.41) is -0.503. The Labute approximate surface area is 105 Å². The molecular weight excluding hydrogens is 218 g/mol. The molecule has 0 spiro atoms. The van der Waals surface area contributed by atoms with Crippen molar-refractivity contribution in [3.05, 3.63) is 0 Å². The number of hydrogen-bond donors (Lipinski definition) is 0. The summed E-state index contributed by atoms with van der Waals surface area (Å²) in [6, 6.07) is 0. The lowest BCUT2D eigenvalue weighted by Crippen LogP contribution is -2.25. The molecule has 0 aliphatic carbocycles. The molecule has 0 atom stereocenters. The van der Waals surface area contributed by atoms with E-state index >= 15 is 0 Å². The van der Waals surface area contributed by atoms with Crippen molar-refractivity contribution in [3.63, 3.8) is 0 Å². The van der Waals surface area contributed by atoms with E-state index < -0.39 is 11.7 Å². The molecule has 0 aromatic heterocycles. The highest BCUT2D eigenvalue weighted by atomic mass is 16.7. The van der Waals surface area contributed by atoms with Crippen molar-refractivity contribution in [1.29, 1.82) is 0 Å². The van der Waals surface area contributed by atoms with E-state index in [-0.39, 0.29) is 17.4 Å². The first-order valence-corrected chi connectivity index (χ1v) is 5.55. The van der Waals surface area contributed by atoms with Crippen molar-refractivity contribution < 1.29 is 19.1 Å². The largest absolute Gasteiger partial charge is 0.436 e. The lowest BCUT2D eigenvalue weighted by atomic mass is 9.55. The second kappa shape index (κ2) is 6.12. The van der Waals surface area contributed by atoms with Gasteiger partial charge in [-0.3, -0.25) is 9.59 Å². The van der Waals surface area contributed by atoms with Crippen LogP contribution < -0.4 is 0 Å². The lowest BCUT2D eigenvalue weighted by molar-refractivity contribution is 0.0462. The zero-order valence-electron chi connectivity index (χ0n) is 11.5. The molecule has 0 aromatic rings. The fourth-order valence-electron chi connectivity index (χ4n) is 0.936. The molecule has 0 rings (SSSR count). The van der Waals surface area contributed by atoms with Gasteiger partial charge in [-0.05, 0) is 0 Å². The summed E-state index contributed by atoms with van der Waals surface area (Å²) in [4.78, 5) is 22.5. The second-order valence-corrected chi connectivity index (χ2v) is 6.07.